The van der Waals surface area contributed by atoms with Gasteiger partial charge in [-0.25, -0.2) is 0 Å². The Balaban J connectivity index is 1.55. The number of carbonyl (C=O) groups is 2. The monoisotopic (exact) mass is 468 g/mol. The van der Waals surface area contributed by atoms with Crippen LogP contribution in [0.2, 0.25) is 0 Å². The zero-order valence-electron chi connectivity index (χ0n) is 20.3. The van der Waals surface area contributed by atoms with Crippen molar-refractivity contribution in [3.05, 3.63) is 94.9 Å². The molecule has 0 aliphatic carbocycles. The molecule has 5 rings (SSSR count). The van der Waals surface area contributed by atoms with E-state index in [1.807, 2.05) is 63.2 Å². The fraction of sp³-hybridized carbons (Fsp3) is 0.250. The van der Waals surface area contributed by atoms with Crippen LogP contribution in [0.5, 0.6) is 0 Å². The highest BCUT2D eigenvalue weighted by molar-refractivity contribution is 6.12. The molecular weight excluding hydrogens is 440 g/mol. The normalized spacial score (nSPS) is 17.4. The minimum absolute atomic E-state index is 0.210. The molecule has 2 aromatic heterocycles. The molecular formula is C28H28N4O3. The van der Waals surface area contributed by atoms with Crippen molar-refractivity contribution in [1.82, 2.24) is 15.1 Å². The van der Waals surface area contributed by atoms with E-state index in [-0.39, 0.29) is 18.4 Å². The molecule has 0 radical (unpaired) electrons. The van der Waals surface area contributed by atoms with E-state index in [0.717, 1.165) is 22.3 Å². The standard InChI is InChI=1S/C28H28N4O3/c1-18-7-5-8-21(13-18)16-29-27(34)28(4)17-31-24(15-23(30-31)25-9-6-12-35-25)26(33)32(28)22-11-10-19(2)20(3)14-22/h5-15H,16-17H2,1-4H3,(H,29,34)/t28-/m1/s1. The maximum atomic E-state index is 13.9. The van der Waals surface area contributed by atoms with Crippen molar-refractivity contribution >= 4 is 17.5 Å². The lowest BCUT2D eigenvalue weighted by molar-refractivity contribution is -0.126. The molecule has 2 amide bonds. The number of fused-ring (bicyclic) bond motifs is 1. The molecule has 7 heteroatoms. The second-order valence-corrected chi connectivity index (χ2v) is 9.40. The molecule has 0 saturated carbocycles. The average molecular weight is 469 g/mol. The summed E-state index contributed by atoms with van der Waals surface area (Å²) < 4.78 is 7.10. The molecule has 0 bridgehead atoms. The molecule has 1 aliphatic rings. The Bertz CT molecular complexity index is 1420. The first-order valence-corrected chi connectivity index (χ1v) is 11.6. The van der Waals surface area contributed by atoms with Gasteiger partial charge in [0, 0.05) is 18.3 Å². The Hall–Kier alpha value is -4.13. The van der Waals surface area contributed by atoms with Crippen molar-refractivity contribution < 1.29 is 14.0 Å². The van der Waals surface area contributed by atoms with Gasteiger partial charge in [0.15, 0.2) is 5.76 Å². The highest BCUT2D eigenvalue weighted by Gasteiger charge is 2.49. The van der Waals surface area contributed by atoms with Gasteiger partial charge in [0.05, 0.1) is 12.8 Å². The molecule has 7 nitrogen and oxygen atoms in total. The number of rotatable bonds is 5. The Labute approximate surface area is 204 Å². The first kappa shape index (κ1) is 22.7. The zero-order chi connectivity index (χ0) is 24.7. The summed E-state index contributed by atoms with van der Waals surface area (Å²) in [5.41, 5.74) is 4.75. The predicted molar refractivity (Wildman–Crippen MR) is 134 cm³/mol. The second-order valence-electron chi connectivity index (χ2n) is 9.40. The van der Waals surface area contributed by atoms with Crippen molar-refractivity contribution in [1.29, 1.82) is 0 Å². The molecule has 0 fully saturated rings. The molecule has 0 unspecified atom stereocenters. The summed E-state index contributed by atoms with van der Waals surface area (Å²) in [6.45, 7) is 8.42. The van der Waals surface area contributed by atoms with Gasteiger partial charge in [-0.1, -0.05) is 35.9 Å². The maximum Gasteiger partial charge on any atom is 0.277 e. The summed E-state index contributed by atoms with van der Waals surface area (Å²) in [7, 11) is 0. The molecule has 1 N–H and O–H groups in total. The third-order valence-electron chi connectivity index (χ3n) is 6.70. The number of nitrogens with zero attached hydrogens (tertiary/aromatic N) is 3. The third-order valence-corrected chi connectivity index (χ3v) is 6.70. The van der Waals surface area contributed by atoms with Gasteiger partial charge >= 0.3 is 0 Å². The zero-order valence-corrected chi connectivity index (χ0v) is 20.3. The number of carbonyl (C=O) groups excluding carboxylic acids is 2. The number of aryl methyl sites for hydroxylation is 3. The van der Waals surface area contributed by atoms with E-state index in [1.54, 1.807) is 41.0 Å². The van der Waals surface area contributed by atoms with Crippen molar-refractivity contribution in [3.8, 4) is 11.5 Å². The topological polar surface area (TPSA) is 80.4 Å². The van der Waals surface area contributed by atoms with Crippen molar-refractivity contribution in [3.63, 3.8) is 0 Å². The number of anilines is 1. The fourth-order valence-corrected chi connectivity index (χ4v) is 4.59. The summed E-state index contributed by atoms with van der Waals surface area (Å²) in [5, 5.41) is 7.66. The minimum Gasteiger partial charge on any atom is -0.463 e. The van der Waals surface area contributed by atoms with Crippen molar-refractivity contribution in [2.75, 3.05) is 4.90 Å². The van der Waals surface area contributed by atoms with Crippen molar-refractivity contribution in [2.24, 2.45) is 0 Å². The Morgan fingerprint density at radius 2 is 1.89 bits per heavy atom. The third kappa shape index (κ3) is 4.03. The average Bonchev–Trinajstić information content (AvgIpc) is 3.50. The molecule has 0 spiro atoms. The summed E-state index contributed by atoms with van der Waals surface area (Å²) in [6.07, 6.45) is 1.57. The van der Waals surface area contributed by atoms with Crippen LogP contribution in [0.4, 0.5) is 5.69 Å². The van der Waals surface area contributed by atoms with Crippen LogP contribution in [0.15, 0.2) is 71.3 Å². The molecule has 1 aliphatic heterocycles. The quantitative estimate of drug-likeness (QED) is 0.456. The van der Waals surface area contributed by atoms with Gasteiger partial charge in [0.1, 0.15) is 16.9 Å². The molecule has 178 valence electrons. The van der Waals surface area contributed by atoms with Crippen molar-refractivity contribution in [2.45, 2.75) is 46.3 Å². The summed E-state index contributed by atoms with van der Waals surface area (Å²) >= 11 is 0. The van der Waals surface area contributed by atoms with E-state index in [9.17, 15) is 9.59 Å². The van der Waals surface area contributed by atoms with Crippen LogP contribution in [-0.2, 0) is 17.9 Å². The largest absolute Gasteiger partial charge is 0.463 e. The lowest BCUT2D eigenvalue weighted by atomic mass is 9.93. The molecule has 1 atom stereocenters. The number of nitrogens with one attached hydrogen (secondary N) is 1. The van der Waals surface area contributed by atoms with Gasteiger partial charge in [-0.3, -0.25) is 19.2 Å². The second kappa shape index (κ2) is 8.58. The van der Waals surface area contributed by atoms with Crippen LogP contribution in [-0.4, -0.2) is 27.1 Å². The Morgan fingerprint density at radius 1 is 1.06 bits per heavy atom. The highest BCUT2D eigenvalue weighted by atomic mass is 16.3. The fourth-order valence-electron chi connectivity index (χ4n) is 4.59. The van der Waals surface area contributed by atoms with Gasteiger partial charge in [0.25, 0.3) is 5.91 Å². The van der Waals surface area contributed by atoms with E-state index in [0.29, 0.717) is 29.4 Å². The van der Waals surface area contributed by atoms with E-state index in [4.69, 9.17) is 4.42 Å². The first-order chi connectivity index (χ1) is 16.8. The van der Waals surface area contributed by atoms with Crippen LogP contribution < -0.4 is 10.2 Å². The van der Waals surface area contributed by atoms with E-state index >= 15 is 0 Å². The van der Waals surface area contributed by atoms with Crippen LogP contribution in [0.25, 0.3) is 11.5 Å². The Kier molecular flexibility index (Phi) is 5.55. The SMILES string of the molecule is Cc1cccc(CNC(=O)[C@@]2(C)Cn3nc(-c4ccco4)cc3C(=O)N2c2ccc(C)c(C)c2)c1. The van der Waals surface area contributed by atoms with Gasteiger partial charge < -0.3 is 9.73 Å². The van der Waals surface area contributed by atoms with Gasteiger partial charge in [-0.15, -0.1) is 0 Å². The molecule has 2 aromatic carbocycles. The molecule has 4 aromatic rings. The predicted octanol–water partition coefficient (Wildman–Crippen LogP) is 4.80. The van der Waals surface area contributed by atoms with Crippen LogP contribution in [0.1, 0.15) is 39.7 Å². The Morgan fingerprint density at radius 3 is 2.60 bits per heavy atom. The highest BCUT2D eigenvalue weighted by Crippen LogP contribution is 2.35. The number of hydrogen-bond acceptors (Lipinski definition) is 4. The number of hydrogen-bond donors (Lipinski definition) is 1. The van der Waals surface area contributed by atoms with Crippen LogP contribution >= 0.6 is 0 Å². The van der Waals surface area contributed by atoms with E-state index in [2.05, 4.69) is 10.4 Å². The van der Waals surface area contributed by atoms with Gasteiger partial charge in [-0.2, -0.15) is 5.10 Å². The molecule has 35 heavy (non-hydrogen) atoms. The molecule has 0 saturated heterocycles. The lowest BCUT2D eigenvalue weighted by Gasteiger charge is -2.43. The molecule has 3 heterocycles. The summed E-state index contributed by atoms with van der Waals surface area (Å²) in [5.74, 6) is 0.0485. The number of benzene rings is 2. The number of amides is 2. The van der Waals surface area contributed by atoms with Gasteiger partial charge in [0.2, 0.25) is 5.91 Å². The van der Waals surface area contributed by atoms with Gasteiger partial charge in [-0.05, 0) is 68.7 Å². The van der Waals surface area contributed by atoms with E-state index < -0.39 is 5.54 Å². The van der Waals surface area contributed by atoms with Crippen LogP contribution in [0.3, 0.4) is 0 Å². The lowest BCUT2D eigenvalue weighted by Crippen LogP contribution is -2.64. The summed E-state index contributed by atoms with van der Waals surface area (Å²) in [4.78, 5) is 29.2. The van der Waals surface area contributed by atoms with E-state index in [1.165, 1.54) is 0 Å². The van der Waals surface area contributed by atoms with Crippen LogP contribution in [0, 0.1) is 20.8 Å². The smallest absolute Gasteiger partial charge is 0.277 e. The number of furan rings is 1. The number of aromatic nitrogens is 2. The summed E-state index contributed by atoms with van der Waals surface area (Å²) in [6, 6.07) is 19.1. The first-order valence-electron chi connectivity index (χ1n) is 11.6. The maximum absolute atomic E-state index is 13.9. The minimum atomic E-state index is -1.19.